The Bertz CT molecular complexity index is 1290. The Morgan fingerprint density at radius 2 is 1.78 bits per heavy atom. The Hall–Kier alpha value is -3.44. The number of benzene rings is 1. The van der Waals surface area contributed by atoms with Crippen LogP contribution < -0.4 is 5.73 Å². The molecule has 4 heterocycles. The lowest BCUT2D eigenvalue weighted by molar-refractivity contribution is 0.0911. The molecule has 1 saturated heterocycles. The summed E-state index contributed by atoms with van der Waals surface area (Å²) in [6, 6.07) is 7.66. The zero-order valence-electron chi connectivity index (χ0n) is 18.2. The third kappa shape index (κ3) is 2.96. The zero-order valence-corrected chi connectivity index (χ0v) is 18.2. The minimum absolute atomic E-state index is 0.0204. The van der Waals surface area contributed by atoms with Crippen molar-refractivity contribution >= 4 is 16.9 Å². The molecule has 4 aromatic rings. The topological polar surface area (TPSA) is 120 Å². The highest BCUT2D eigenvalue weighted by atomic mass is 15.5. The first kappa shape index (κ1) is 19.3. The number of anilines is 1. The van der Waals surface area contributed by atoms with Crippen molar-refractivity contribution in [3.63, 3.8) is 0 Å². The summed E-state index contributed by atoms with van der Waals surface area (Å²) in [6.07, 6.45) is 3.82. The predicted octanol–water partition coefficient (Wildman–Crippen LogP) is 0.825. The highest BCUT2D eigenvalue weighted by Gasteiger charge is 2.53. The first-order valence-corrected chi connectivity index (χ1v) is 10.8. The van der Waals surface area contributed by atoms with Gasteiger partial charge in [-0.3, -0.25) is 9.58 Å². The maximum absolute atomic E-state index is 6.15. The van der Waals surface area contributed by atoms with E-state index in [4.69, 9.17) is 20.8 Å². The molecule has 0 amide bonds. The number of aryl methyl sites for hydroxylation is 1. The van der Waals surface area contributed by atoms with Crippen LogP contribution in [-0.2, 0) is 12.6 Å². The van der Waals surface area contributed by atoms with Gasteiger partial charge in [-0.25, -0.2) is 15.0 Å². The smallest absolute Gasteiger partial charge is 0.201 e. The van der Waals surface area contributed by atoms with Crippen LogP contribution >= 0.6 is 0 Å². The molecule has 0 atom stereocenters. The summed E-state index contributed by atoms with van der Waals surface area (Å²) < 4.78 is 3.50. The number of hydrogen-bond donors (Lipinski definition) is 1. The molecular weight excluding hydrogens is 406 g/mol. The second kappa shape index (κ2) is 7.04. The fraction of sp³-hybridized carbons (Fsp3) is 0.429. The zero-order chi connectivity index (χ0) is 21.9. The van der Waals surface area contributed by atoms with Gasteiger partial charge in [-0.1, -0.05) is 17.3 Å². The molecule has 11 nitrogen and oxygen atoms in total. The Morgan fingerprint density at radius 3 is 2.56 bits per heavy atom. The minimum atomic E-state index is -0.0204. The number of nitrogens with zero attached hydrogens (tertiary/aromatic N) is 10. The monoisotopic (exact) mass is 431 g/mol. The SMILES string of the molecule is CN1CCN(C2(c3nc(-c4cnc(N)c(-n5nnc6ccccc65)n4)nn3C)CC2)CC1. The van der Waals surface area contributed by atoms with Crippen molar-refractivity contribution < 1.29 is 0 Å². The van der Waals surface area contributed by atoms with Gasteiger partial charge in [-0.05, 0) is 32.0 Å². The minimum Gasteiger partial charge on any atom is -0.381 e. The van der Waals surface area contributed by atoms with Crippen molar-refractivity contribution in [2.75, 3.05) is 39.0 Å². The molecule has 0 radical (unpaired) electrons. The average molecular weight is 432 g/mol. The molecule has 1 saturated carbocycles. The molecule has 2 N–H and O–H groups in total. The van der Waals surface area contributed by atoms with Gasteiger partial charge in [0.2, 0.25) is 5.82 Å². The lowest BCUT2D eigenvalue weighted by Crippen LogP contribution is -2.49. The maximum atomic E-state index is 6.15. The Kier molecular flexibility index (Phi) is 4.24. The van der Waals surface area contributed by atoms with Crippen LogP contribution in [0.15, 0.2) is 30.5 Å². The molecule has 2 fully saturated rings. The van der Waals surface area contributed by atoms with Crippen LogP contribution in [-0.4, -0.2) is 82.8 Å². The molecule has 2 aliphatic rings. The van der Waals surface area contributed by atoms with Crippen molar-refractivity contribution in [2.24, 2.45) is 7.05 Å². The summed E-state index contributed by atoms with van der Waals surface area (Å²) in [5.41, 5.74) is 8.27. The number of nitrogen functional groups attached to an aromatic ring is 1. The summed E-state index contributed by atoms with van der Waals surface area (Å²) in [5.74, 6) is 2.23. The number of para-hydroxylation sites is 1. The summed E-state index contributed by atoms with van der Waals surface area (Å²) >= 11 is 0. The van der Waals surface area contributed by atoms with Crippen LogP contribution in [0.2, 0.25) is 0 Å². The summed E-state index contributed by atoms with van der Waals surface area (Å²) in [7, 11) is 4.13. The molecule has 1 aliphatic heterocycles. The second-order valence-electron chi connectivity index (χ2n) is 8.66. The lowest BCUT2D eigenvalue weighted by Gasteiger charge is -2.37. The number of likely N-dealkylation sites (N-methyl/N-ethyl adjacent to an activating group) is 1. The number of aromatic nitrogens is 8. The molecular formula is C21H25N11. The normalized spacial score (nSPS) is 18.9. The number of piperazine rings is 1. The van der Waals surface area contributed by atoms with Crippen LogP contribution in [0.1, 0.15) is 18.7 Å². The molecule has 0 spiro atoms. The molecule has 11 heteroatoms. The fourth-order valence-electron chi connectivity index (χ4n) is 4.61. The summed E-state index contributed by atoms with van der Waals surface area (Å²) in [4.78, 5) is 18.9. The van der Waals surface area contributed by atoms with Crippen molar-refractivity contribution in [2.45, 2.75) is 18.4 Å². The molecule has 1 aromatic carbocycles. The largest absolute Gasteiger partial charge is 0.381 e. The number of hydrogen-bond acceptors (Lipinski definition) is 9. The van der Waals surface area contributed by atoms with Gasteiger partial charge in [0.1, 0.15) is 17.0 Å². The van der Waals surface area contributed by atoms with Crippen molar-refractivity contribution in [3.05, 3.63) is 36.3 Å². The number of nitrogens with two attached hydrogens (primary N) is 1. The molecule has 0 bridgehead atoms. The quantitative estimate of drug-likeness (QED) is 0.501. The van der Waals surface area contributed by atoms with Crippen molar-refractivity contribution in [1.82, 2.24) is 49.5 Å². The van der Waals surface area contributed by atoms with E-state index in [9.17, 15) is 0 Å². The Labute approximate surface area is 184 Å². The molecule has 3 aromatic heterocycles. The Balaban J connectivity index is 1.37. The van der Waals surface area contributed by atoms with E-state index in [1.807, 2.05) is 36.0 Å². The van der Waals surface area contributed by atoms with Crippen LogP contribution in [0.5, 0.6) is 0 Å². The second-order valence-corrected chi connectivity index (χ2v) is 8.66. The van der Waals surface area contributed by atoms with E-state index in [1.165, 1.54) is 0 Å². The average Bonchev–Trinajstić information content (AvgIpc) is 3.33. The van der Waals surface area contributed by atoms with E-state index in [-0.39, 0.29) is 11.4 Å². The van der Waals surface area contributed by atoms with Gasteiger partial charge in [-0.15, -0.1) is 10.2 Å². The highest BCUT2D eigenvalue weighted by Crippen LogP contribution is 2.50. The number of fused-ring (bicyclic) bond motifs is 1. The van der Waals surface area contributed by atoms with Crippen molar-refractivity contribution in [1.29, 1.82) is 0 Å². The third-order valence-corrected chi connectivity index (χ3v) is 6.57. The van der Waals surface area contributed by atoms with Gasteiger partial charge in [0.05, 0.1) is 17.3 Å². The molecule has 0 unspecified atom stereocenters. The van der Waals surface area contributed by atoms with Gasteiger partial charge in [-0.2, -0.15) is 4.68 Å². The standard InChI is InChI=1S/C21H25N11/c1-29-9-11-31(12-10-29)21(7-8-21)20-25-18(27-30(20)2)15-13-23-17(22)19(24-15)32-16-6-4-3-5-14(16)26-28-32/h3-6,13H,7-12H2,1-2H3,(H2,22,23). The first-order chi connectivity index (χ1) is 15.5. The molecule has 32 heavy (non-hydrogen) atoms. The van der Waals surface area contributed by atoms with Crippen LogP contribution in [0.4, 0.5) is 5.82 Å². The van der Waals surface area contributed by atoms with E-state index >= 15 is 0 Å². The van der Waals surface area contributed by atoms with Crippen LogP contribution in [0.25, 0.3) is 28.4 Å². The highest BCUT2D eigenvalue weighted by molar-refractivity contribution is 5.76. The summed E-state index contributed by atoms with van der Waals surface area (Å²) in [6.45, 7) is 4.24. The van der Waals surface area contributed by atoms with E-state index in [0.717, 1.165) is 55.9 Å². The van der Waals surface area contributed by atoms with E-state index in [0.29, 0.717) is 17.3 Å². The Morgan fingerprint density at radius 1 is 1.00 bits per heavy atom. The number of rotatable bonds is 4. The van der Waals surface area contributed by atoms with Crippen LogP contribution in [0, 0.1) is 0 Å². The maximum Gasteiger partial charge on any atom is 0.201 e. The molecule has 1 aliphatic carbocycles. The van der Waals surface area contributed by atoms with Gasteiger partial charge >= 0.3 is 0 Å². The first-order valence-electron chi connectivity index (χ1n) is 10.8. The fourth-order valence-corrected chi connectivity index (χ4v) is 4.61. The van der Waals surface area contributed by atoms with Crippen molar-refractivity contribution in [3.8, 4) is 17.3 Å². The van der Waals surface area contributed by atoms with Gasteiger partial charge in [0.15, 0.2) is 11.6 Å². The molecule has 6 rings (SSSR count). The molecule has 164 valence electrons. The predicted molar refractivity (Wildman–Crippen MR) is 119 cm³/mol. The van der Waals surface area contributed by atoms with Crippen LogP contribution in [0.3, 0.4) is 0 Å². The van der Waals surface area contributed by atoms with Gasteiger partial charge < -0.3 is 10.6 Å². The van der Waals surface area contributed by atoms with Gasteiger partial charge in [0.25, 0.3) is 0 Å². The third-order valence-electron chi connectivity index (χ3n) is 6.57. The van der Waals surface area contributed by atoms with Gasteiger partial charge in [0, 0.05) is 33.2 Å². The van der Waals surface area contributed by atoms with E-state index < -0.39 is 0 Å². The lowest BCUT2D eigenvalue weighted by atomic mass is 10.1. The van der Waals surface area contributed by atoms with E-state index in [1.54, 1.807) is 10.9 Å². The van der Waals surface area contributed by atoms with E-state index in [2.05, 4.69) is 32.1 Å². The summed E-state index contributed by atoms with van der Waals surface area (Å²) in [5, 5.41) is 13.1.